The van der Waals surface area contributed by atoms with Gasteiger partial charge < -0.3 is 9.64 Å². The third-order valence-electron chi connectivity index (χ3n) is 3.68. The summed E-state index contributed by atoms with van der Waals surface area (Å²) in [4.78, 5) is 24.2. The van der Waals surface area contributed by atoms with Crippen molar-refractivity contribution in [3.8, 4) is 5.75 Å². The number of rotatable bonds is 5. The van der Waals surface area contributed by atoms with Gasteiger partial charge in [-0.2, -0.15) is 0 Å². The van der Waals surface area contributed by atoms with E-state index >= 15 is 0 Å². The minimum atomic E-state index is -0.518. The van der Waals surface area contributed by atoms with Gasteiger partial charge in [0.25, 0.3) is 11.6 Å². The number of alkyl halides is 1. The number of methoxy groups -OCH3 is 1. The number of nitro benzene ring substituents is 1. The predicted octanol–water partition coefficient (Wildman–Crippen LogP) is 2.69. The van der Waals surface area contributed by atoms with Crippen LogP contribution in [-0.4, -0.2) is 41.8 Å². The predicted molar refractivity (Wildman–Crippen MR) is 79.0 cm³/mol. The Morgan fingerprint density at radius 1 is 1.52 bits per heavy atom. The molecule has 0 saturated heterocycles. The number of nitro groups is 1. The number of non-ortho nitro benzene ring substituents is 1. The van der Waals surface area contributed by atoms with Gasteiger partial charge in [-0.05, 0) is 24.8 Å². The standard InChI is InChI=1S/C14H17ClN2O4/c1-16(8-9-5-10(15)6-9)14(18)12-4-3-11(17(19)20)7-13(12)21-2/h3-4,7,9-10H,5-6,8H2,1-2H3. The van der Waals surface area contributed by atoms with Crippen molar-refractivity contribution in [2.24, 2.45) is 5.92 Å². The lowest BCUT2D eigenvalue weighted by Gasteiger charge is -2.34. The lowest BCUT2D eigenvalue weighted by Crippen LogP contribution is -2.38. The van der Waals surface area contributed by atoms with Crippen molar-refractivity contribution in [1.29, 1.82) is 0 Å². The van der Waals surface area contributed by atoms with Gasteiger partial charge in [-0.25, -0.2) is 0 Å². The van der Waals surface area contributed by atoms with Crippen molar-refractivity contribution in [1.82, 2.24) is 4.90 Å². The molecule has 0 heterocycles. The molecular weight excluding hydrogens is 296 g/mol. The minimum absolute atomic E-state index is 0.102. The number of carbonyl (C=O) groups excluding carboxylic acids is 1. The molecule has 114 valence electrons. The number of nitrogens with zero attached hydrogens (tertiary/aromatic N) is 2. The highest BCUT2D eigenvalue weighted by Gasteiger charge is 2.30. The zero-order chi connectivity index (χ0) is 15.6. The third kappa shape index (κ3) is 3.44. The van der Waals surface area contributed by atoms with Crippen LogP contribution in [0.3, 0.4) is 0 Å². The van der Waals surface area contributed by atoms with Crippen molar-refractivity contribution < 1.29 is 14.5 Å². The summed E-state index contributed by atoms with van der Waals surface area (Å²) in [6.07, 6.45) is 1.83. The normalized spacial score (nSPS) is 20.5. The molecule has 1 amide bonds. The average Bonchev–Trinajstić information content (AvgIpc) is 2.43. The lowest BCUT2D eigenvalue weighted by molar-refractivity contribution is -0.384. The Bertz CT molecular complexity index is 558. The summed E-state index contributed by atoms with van der Waals surface area (Å²) in [7, 11) is 3.10. The molecular formula is C14H17ClN2O4. The number of halogens is 1. The summed E-state index contributed by atoms with van der Waals surface area (Å²) in [5.74, 6) is 0.426. The van der Waals surface area contributed by atoms with Crippen LogP contribution < -0.4 is 4.74 Å². The number of amides is 1. The van der Waals surface area contributed by atoms with Crippen LogP contribution in [0.1, 0.15) is 23.2 Å². The fraction of sp³-hybridized carbons (Fsp3) is 0.500. The summed E-state index contributed by atoms with van der Waals surface area (Å²) in [6, 6.07) is 4.00. The topological polar surface area (TPSA) is 72.7 Å². The maximum Gasteiger partial charge on any atom is 0.273 e. The first kappa shape index (κ1) is 15.6. The molecule has 1 aromatic rings. The molecule has 1 aliphatic rings. The molecule has 21 heavy (non-hydrogen) atoms. The smallest absolute Gasteiger partial charge is 0.273 e. The van der Waals surface area contributed by atoms with E-state index in [4.69, 9.17) is 16.3 Å². The minimum Gasteiger partial charge on any atom is -0.496 e. The highest BCUT2D eigenvalue weighted by molar-refractivity contribution is 6.21. The van der Waals surface area contributed by atoms with Gasteiger partial charge in [0.2, 0.25) is 0 Å². The van der Waals surface area contributed by atoms with E-state index in [1.807, 2.05) is 0 Å². The van der Waals surface area contributed by atoms with Gasteiger partial charge in [-0.1, -0.05) is 0 Å². The summed E-state index contributed by atoms with van der Waals surface area (Å²) < 4.78 is 5.10. The molecule has 1 fully saturated rings. The second kappa shape index (κ2) is 6.30. The molecule has 1 aliphatic carbocycles. The number of benzene rings is 1. The Morgan fingerprint density at radius 3 is 2.71 bits per heavy atom. The van der Waals surface area contributed by atoms with Crippen LogP contribution in [0.25, 0.3) is 0 Å². The van der Waals surface area contributed by atoms with Crippen LogP contribution in [0.2, 0.25) is 0 Å². The molecule has 7 heteroatoms. The number of ether oxygens (including phenoxy) is 1. The van der Waals surface area contributed by atoms with Crippen LogP contribution in [0, 0.1) is 16.0 Å². The Labute approximate surface area is 127 Å². The van der Waals surface area contributed by atoms with Crippen molar-refractivity contribution in [3.63, 3.8) is 0 Å². The van der Waals surface area contributed by atoms with Gasteiger partial charge in [-0.15, -0.1) is 11.6 Å². The zero-order valence-corrected chi connectivity index (χ0v) is 12.7. The lowest BCUT2D eigenvalue weighted by atomic mass is 9.84. The second-order valence-corrected chi connectivity index (χ2v) is 5.88. The summed E-state index contributed by atoms with van der Waals surface area (Å²) >= 11 is 5.93. The van der Waals surface area contributed by atoms with Crippen LogP contribution in [0.4, 0.5) is 5.69 Å². The Balaban J connectivity index is 2.12. The van der Waals surface area contributed by atoms with Gasteiger partial charge in [0, 0.05) is 25.0 Å². The first-order valence-electron chi connectivity index (χ1n) is 6.64. The van der Waals surface area contributed by atoms with Crippen LogP contribution in [-0.2, 0) is 0 Å². The zero-order valence-electron chi connectivity index (χ0n) is 11.9. The van der Waals surface area contributed by atoms with Gasteiger partial charge in [0.15, 0.2) is 0 Å². The molecule has 0 atom stereocenters. The Morgan fingerprint density at radius 2 is 2.19 bits per heavy atom. The number of hydrogen-bond acceptors (Lipinski definition) is 4. The van der Waals surface area contributed by atoms with Gasteiger partial charge in [0.1, 0.15) is 5.75 Å². The van der Waals surface area contributed by atoms with Crippen molar-refractivity contribution in [2.45, 2.75) is 18.2 Å². The fourth-order valence-electron chi connectivity index (χ4n) is 2.45. The first-order chi connectivity index (χ1) is 9.92. The van der Waals surface area contributed by atoms with Crippen molar-refractivity contribution in [3.05, 3.63) is 33.9 Å². The van der Waals surface area contributed by atoms with Gasteiger partial charge >= 0.3 is 0 Å². The molecule has 1 saturated carbocycles. The molecule has 0 aliphatic heterocycles. The van der Waals surface area contributed by atoms with E-state index in [-0.39, 0.29) is 22.7 Å². The van der Waals surface area contributed by atoms with E-state index in [1.54, 1.807) is 11.9 Å². The van der Waals surface area contributed by atoms with E-state index in [0.717, 1.165) is 12.8 Å². The van der Waals surface area contributed by atoms with E-state index in [2.05, 4.69) is 0 Å². The first-order valence-corrected chi connectivity index (χ1v) is 7.08. The fourth-order valence-corrected chi connectivity index (χ4v) is 2.95. The highest BCUT2D eigenvalue weighted by atomic mass is 35.5. The highest BCUT2D eigenvalue weighted by Crippen LogP contribution is 2.33. The molecule has 1 aromatic carbocycles. The van der Waals surface area contributed by atoms with Gasteiger partial charge in [-0.3, -0.25) is 14.9 Å². The quantitative estimate of drug-likeness (QED) is 0.476. The van der Waals surface area contributed by atoms with Crippen molar-refractivity contribution in [2.75, 3.05) is 20.7 Å². The molecule has 0 unspecified atom stereocenters. The molecule has 0 radical (unpaired) electrons. The molecule has 0 N–H and O–H groups in total. The SMILES string of the molecule is COc1cc([N+](=O)[O-])ccc1C(=O)N(C)CC1CC(Cl)C1. The van der Waals surface area contributed by atoms with Crippen LogP contribution in [0.15, 0.2) is 18.2 Å². The third-order valence-corrected chi connectivity index (χ3v) is 4.04. The van der Waals surface area contributed by atoms with Crippen molar-refractivity contribution >= 4 is 23.2 Å². The molecule has 0 bridgehead atoms. The van der Waals surface area contributed by atoms with Crippen LogP contribution in [0.5, 0.6) is 5.75 Å². The molecule has 0 aromatic heterocycles. The van der Waals surface area contributed by atoms with Gasteiger partial charge in [0.05, 0.1) is 23.7 Å². The Kier molecular flexibility index (Phi) is 4.67. The summed E-state index contributed by atoms with van der Waals surface area (Å²) in [6.45, 7) is 0.627. The Hall–Kier alpha value is -1.82. The molecule has 0 spiro atoms. The monoisotopic (exact) mass is 312 g/mol. The van der Waals surface area contributed by atoms with E-state index in [9.17, 15) is 14.9 Å². The second-order valence-electron chi connectivity index (χ2n) is 5.26. The average molecular weight is 313 g/mol. The number of hydrogen-bond donors (Lipinski definition) is 0. The summed E-state index contributed by atoms with van der Waals surface area (Å²) in [5.41, 5.74) is 0.224. The van der Waals surface area contributed by atoms with E-state index in [1.165, 1.54) is 25.3 Å². The maximum atomic E-state index is 12.4. The summed E-state index contributed by atoms with van der Waals surface area (Å²) in [5, 5.41) is 11.0. The van der Waals surface area contributed by atoms with Crippen LogP contribution >= 0.6 is 11.6 Å². The van der Waals surface area contributed by atoms with E-state index in [0.29, 0.717) is 18.0 Å². The maximum absolute atomic E-state index is 12.4. The number of carbonyl (C=O) groups is 1. The largest absolute Gasteiger partial charge is 0.496 e. The molecule has 2 rings (SSSR count). The van der Waals surface area contributed by atoms with E-state index < -0.39 is 4.92 Å². The molecule has 6 nitrogen and oxygen atoms in total.